The molecular formula is C10H8Br2Cl2O2. The molecule has 0 spiro atoms. The SMILES string of the molecule is COc1c(Cl)cc(OCC=C(Br)Br)cc1Cl. The molecule has 88 valence electrons. The summed E-state index contributed by atoms with van der Waals surface area (Å²) in [5.74, 6) is 1.04. The summed E-state index contributed by atoms with van der Waals surface area (Å²) < 4.78 is 11.3. The molecule has 1 aromatic carbocycles. The molecule has 0 unspecified atom stereocenters. The van der Waals surface area contributed by atoms with Crippen LogP contribution >= 0.6 is 55.1 Å². The highest BCUT2D eigenvalue weighted by Crippen LogP contribution is 2.36. The van der Waals surface area contributed by atoms with Gasteiger partial charge in [0.2, 0.25) is 0 Å². The molecule has 0 aromatic heterocycles. The van der Waals surface area contributed by atoms with Gasteiger partial charge < -0.3 is 9.47 Å². The summed E-state index contributed by atoms with van der Waals surface area (Å²) in [6.45, 7) is 0.408. The van der Waals surface area contributed by atoms with Crippen molar-refractivity contribution >= 4 is 55.1 Å². The molecule has 1 rings (SSSR count). The van der Waals surface area contributed by atoms with Crippen LogP contribution in [0.2, 0.25) is 10.0 Å². The highest BCUT2D eigenvalue weighted by atomic mass is 79.9. The fourth-order valence-corrected chi connectivity index (χ4v) is 1.90. The third-order valence-electron chi connectivity index (χ3n) is 1.66. The number of ether oxygens (including phenoxy) is 2. The van der Waals surface area contributed by atoms with Gasteiger partial charge in [0, 0.05) is 12.1 Å². The van der Waals surface area contributed by atoms with Crippen molar-refractivity contribution in [2.45, 2.75) is 0 Å². The quantitative estimate of drug-likeness (QED) is 0.719. The first-order valence-electron chi connectivity index (χ1n) is 4.21. The Bertz CT molecular complexity index is 381. The van der Waals surface area contributed by atoms with Crippen molar-refractivity contribution in [3.63, 3.8) is 0 Å². The maximum Gasteiger partial charge on any atom is 0.156 e. The van der Waals surface area contributed by atoms with E-state index in [9.17, 15) is 0 Å². The van der Waals surface area contributed by atoms with Gasteiger partial charge in [-0.2, -0.15) is 0 Å². The fourth-order valence-electron chi connectivity index (χ4n) is 1.02. The summed E-state index contributed by atoms with van der Waals surface area (Å²) in [6, 6.07) is 3.31. The second kappa shape index (κ2) is 6.74. The molecular weight excluding hydrogens is 383 g/mol. The van der Waals surface area contributed by atoms with Crippen LogP contribution < -0.4 is 9.47 Å². The van der Waals surface area contributed by atoms with E-state index >= 15 is 0 Å². The van der Waals surface area contributed by atoms with Crippen molar-refractivity contribution in [1.29, 1.82) is 0 Å². The molecule has 0 saturated heterocycles. The van der Waals surface area contributed by atoms with Crippen LogP contribution in [0.5, 0.6) is 11.5 Å². The highest BCUT2D eigenvalue weighted by molar-refractivity contribution is 9.28. The minimum atomic E-state index is 0.408. The van der Waals surface area contributed by atoms with E-state index in [1.54, 1.807) is 12.1 Å². The Hall–Kier alpha value is 0.1000. The molecule has 0 aliphatic heterocycles. The smallest absolute Gasteiger partial charge is 0.156 e. The van der Waals surface area contributed by atoms with Crippen molar-refractivity contribution in [3.8, 4) is 11.5 Å². The second-order valence-electron chi connectivity index (χ2n) is 2.72. The number of halogens is 4. The zero-order valence-corrected chi connectivity index (χ0v) is 13.0. The molecule has 0 fully saturated rings. The Balaban J connectivity index is 2.80. The fraction of sp³-hybridized carbons (Fsp3) is 0.200. The highest BCUT2D eigenvalue weighted by Gasteiger charge is 2.08. The third-order valence-corrected chi connectivity index (χ3v) is 2.87. The van der Waals surface area contributed by atoms with E-state index in [1.807, 2.05) is 6.08 Å². The average molecular weight is 391 g/mol. The first-order valence-corrected chi connectivity index (χ1v) is 6.55. The van der Waals surface area contributed by atoms with Gasteiger partial charge in [0.05, 0.1) is 20.5 Å². The van der Waals surface area contributed by atoms with Crippen molar-refractivity contribution < 1.29 is 9.47 Å². The largest absolute Gasteiger partial charge is 0.494 e. The van der Waals surface area contributed by atoms with Crippen molar-refractivity contribution in [2.24, 2.45) is 0 Å². The van der Waals surface area contributed by atoms with Crippen LogP contribution in [-0.2, 0) is 0 Å². The number of hydrogen-bond donors (Lipinski definition) is 0. The van der Waals surface area contributed by atoms with Gasteiger partial charge in [0.15, 0.2) is 5.75 Å². The predicted molar refractivity (Wildman–Crippen MR) is 74.4 cm³/mol. The monoisotopic (exact) mass is 388 g/mol. The van der Waals surface area contributed by atoms with Crippen molar-refractivity contribution in [1.82, 2.24) is 0 Å². The first kappa shape index (κ1) is 14.2. The van der Waals surface area contributed by atoms with E-state index in [0.717, 1.165) is 3.39 Å². The topological polar surface area (TPSA) is 18.5 Å². The summed E-state index contributed by atoms with van der Waals surface area (Å²) >= 11 is 18.4. The predicted octanol–water partition coefficient (Wildman–Crippen LogP) is 5.01. The summed E-state index contributed by atoms with van der Waals surface area (Å²) in [5, 5.41) is 0.846. The van der Waals surface area contributed by atoms with Crippen molar-refractivity contribution in [2.75, 3.05) is 13.7 Å². The number of rotatable bonds is 4. The van der Waals surface area contributed by atoms with Crippen LogP contribution in [0, 0.1) is 0 Å². The number of hydrogen-bond acceptors (Lipinski definition) is 2. The Labute approximate surface area is 121 Å². The lowest BCUT2D eigenvalue weighted by atomic mass is 10.3. The lowest BCUT2D eigenvalue weighted by Gasteiger charge is -2.09. The van der Waals surface area contributed by atoms with Gasteiger partial charge in [0.25, 0.3) is 0 Å². The van der Waals surface area contributed by atoms with Gasteiger partial charge in [-0.15, -0.1) is 0 Å². The number of benzene rings is 1. The molecule has 0 bridgehead atoms. The first-order chi connectivity index (χ1) is 7.54. The minimum absolute atomic E-state index is 0.408. The van der Waals surface area contributed by atoms with E-state index in [-0.39, 0.29) is 0 Å². The van der Waals surface area contributed by atoms with Crippen molar-refractivity contribution in [3.05, 3.63) is 31.6 Å². The molecule has 0 aliphatic rings. The minimum Gasteiger partial charge on any atom is -0.494 e. The zero-order valence-electron chi connectivity index (χ0n) is 8.27. The molecule has 0 radical (unpaired) electrons. The average Bonchev–Trinajstić information content (AvgIpc) is 2.16. The van der Waals surface area contributed by atoms with Gasteiger partial charge in [-0.1, -0.05) is 23.2 Å². The van der Waals surface area contributed by atoms with Crippen LogP contribution in [0.3, 0.4) is 0 Å². The third kappa shape index (κ3) is 4.17. The molecule has 2 nitrogen and oxygen atoms in total. The van der Waals surface area contributed by atoms with E-state index < -0.39 is 0 Å². The van der Waals surface area contributed by atoms with Gasteiger partial charge in [-0.3, -0.25) is 0 Å². The van der Waals surface area contributed by atoms with E-state index in [2.05, 4.69) is 31.9 Å². The van der Waals surface area contributed by atoms with Gasteiger partial charge >= 0.3 is 0 Å². The van der Waals surface area contributed by atoms with Crippen LogP contribution in [0.15, 0.2) is 21.6 Å². The summed E-state index contributed by atoms with van der Waals surface area (Å²) in [4.78, 5) is 0. The number of methoxy groups -OCH3 is 1. The zero-order chi connectivity index (χ0) is 12.1. The molecule has 0 heterocycles. The molecule has 6 heteroatoms. The van der Waals surface area contributed by atoms with Crippen LogP contribution in [0.4, 0.5) is 0 Å². The maximum absolute atomic E-state index is 5.95. The van der Waals surface area contributed by atoms with Gasteiger partial charge in [-0.05, 0) is 37.9 Å². The molecule has 0 amide bonds. The molecule has 16 heavy (non-hydrogen) atoms. The second-order valence-corrected chi connectivity index (χ2v) is 6.31. The Morgan fingerprint density at radius 1 is 1.31 bits per heavy atom. The van der Waals surface area contributed by atoms with E-state index in [4.69, 9.17) is 32.7 Å². The standard InChI is InChI=1S/C10H8Br2Cl2O2/c1-15-10-7(13)4-6(5-8(10)14)16-3-2-9(11)12/h2,4-5H,3H2,1H3. The maximum atomic E-state index is 5.95. The Morgan fingerprint density at radius 3 is 2.31 bits per heavy atom. The molecule has 0 atom stereocenters. The molecule has 0 saturated carbocycles. The summed E-state index contributed by atoms with van der Waals surface area (Å²) in [5.41, 5.74) is 0. The van der Waals surface area contributed by atoms with Gasteiger partial charge in [-0.25, -0.2) is 0 Å². The van der Waals surface area contributed by atoms with E-state index in [1.165, 1.54) is 7.11 Å². The Morgan fingerprint density at radius 2 is 1.88 bits per heavy atom. The van der Waals surface area contributed by atoms with Crippen LogP contribution in [-0.4, -0.2) is 13.7 Å². The Kier molecular flexibility index (Phi) is 5.97. The van der Waals surface area contributed by atoms with E-state index in [0.29, 0.717) is 28.2 Å². The molecule has 1 aromatic rings. The molecule has 0 N–H and O–H groups in total. The normalized spacial score (nSPS) is 9.81. The summed E-state index contributed by atoms with van der Waals surface area (Å²) in [6.07, 6.45) is 1.81. The lowest BCUT2D eigenvalue weighted by Crippen LogP contribution is -1.94. The lowest BCUT2D eigenvalue weighted by molar-refractivity contribution is 0.361. The summed E-state index contributed by atoms with van der Waals surface area (Å²) in [7, 11) is 1.51. The van der Waals surface area contributed by atoms with Crippen LogP contribution in [0.25, 0.3) is 0 Å². The molecule has 0 aliphatic carbocycles. The van der Waals surface area contributed by atoms with Crippen LogP contribution in [0.1, 0.15) is 0 Å². The van der Waals surface area contributed by atoms with Gasteiger partial charge in [0.1, 0.15) is 12.4 Å².